The zero-order chi connectivity index (χ0) is 14.0. The van der Waals surface area contributed by atoms with Gasteiger partial charge in [-0.2, -0.15) is 13.2 Å². The first-order valence-corrected chi connectivity index (χ1v) is 6.03. The zero-order valence-corrected chi connectivity index (χ0v) is 10.1. The molecular weight excluding hydrogens is 262 g/mol. The number of alkyl halides is 3. The molecule has 0 heterocycles. The van der Waals surface area contributed by atoms with Crippen molar-refractivity contribution in [3.63, 3.8) is 0 Å². The summed E-state index contributed by atoms with van der Waals surface area (Å²) in [5.74, 6) is -1.95. The predicted octanol–water partition coefficient (Wildman–Crippen LogP) is 3.37. The molecule has 1 saturated carbocycles. The van der Waals surface area contributed by atoms with E-state index >= 15 is 0 Å². The van der Waals surface area contributed by atoms with Gasteiger partial charge in [0.25, 0.3) is 5.91 Å². The Hall–Kier alpha value is -1.59. The van der Waals surface area contributed by atoms with Crippen molar-refractivity contribution >= 4 is 5.91 Å². The fourth-order valence-electron chi connectivity index (χ4n) is 1.96. The second-order valence-corrected chi connectivity index (χ2v) is 4.67. The Morgan fingerprint density at radius 3 is 2.53 bits per heavy atom. The molecule has 0 bridgehead atoms. The Kier molecular flexibility index (Phi) is 3.78. The molecule has 0 saturated heterocycles. The Morgan fingerprint density at radius 1 is 1.32 bits per heavy atom. The molecule has 0 unspecified atom stereocenters. The molecule has 1 aromatic carbocycles. The van der Waals surface area contributed by atoms with Gasteiger partial charge in [0.05, 0.1) is 11.1 Å². The molecule has 0 spiro atoms. The van der Waals surface area contributed by atoms with Crippen molar-refractivity contribution in [2.24, 2.45) is 5.92 Å². The van der Waals surface area contributed by atoms with Gasteiger partial charge in [0, 0.05) is 6.54 Å². The monoisotopic (exact) mass is 275 g/mol. The summed E-state index contributed by atoms with van der Waals surface area (Å²) in [5.41, 5.74) is -1.97. The van der Waals surface area contributed by atoms with Gasteiger partial charge in [-0.25, -0.2) is 4.39 Å². The third-order valence-electron chi connectivity index (χ3n) is 3.32. The summed E-state index contributed by atoms with van der Waals surface area (Å²) < 4.78 is 51.2. The van der Waals surface area contributed by atoms with Crippen LogP contribution in [0.3, 0.4) is 0 Å². The van der Waals surface area contributed by atoms with Gasteiger partial charge in [0.2, 0.25) is 0 Å². The van der Waals surface area contributed by atoms with E-state index < -0.39 is 29.0 Å². The first-order valence-electron chi connectivity index (χ1n) is 6.03. The highest BCUT2D eigenvalue weighted by atomic mass is 19.4. The first kappa shape index (κ1) is 13.8. The largest absolute Gasteiger partial charge is 0.419 e. The minimum atomic E-state index is -4.80. The molecule has 2 rings (SSSR count). The molecule has 6 heteroatoms. The lowest BCUT2D eigenvalue weighted by atomic mass is 9.85. The van der Waals surface area contributed by atoms with Crippen LogP contribution < -0.4 is 5.32 Å². The Labute approximate surface area is 107 Å². The number of nitrogens with one attached hydrogen (secondary N) is 1. The minimum Gasteiger partial charge on any atom is -0.352 e. The third-order valence-corrected chi connectivity index (χ3v) is 3.32. The Morgan fingerprint density at radius 2 is 2.00 bits per heavy atom. The van der Waals surface area contributed by atoms with Crippen LogP contribution in [0.4, 0.5) is 17.6 Å². The average molecular weight is 275 g/mol. The number of benzene rings is 1. The quantitative estimate of drug-likeness (QED) is 0.842. The van der Waals surface area contributed by atoms with E-state index in [0.717, 1.165) is 31.4 Å². The molecule has 1 amide bonds. The maximum Gasteiger partial charge on any atom is 0.419 e. The lowest BCUT2D eigenvalue weighted by Crippen LogP contribution is -2.33. The molecule has 19 heavy (non-hydrogen) atoms. The van der Waals surface area contributed by atoms with E-state index in [1.165, 1.54) is 0 Å². The Bertz CT molecular complexity index is 480. The van der Waals surface area contributed by atoms with E-state index in [1.54, 1.807) is 0 Å². The van der Waals surface area contributed by atoms with Gasteiger partial charge >= 0.3 is 6.18 Å². The predicted molar refractivity (Wildman–Crippen MR) is 61.1 cm³/mol. The SMILES string of the molecule is O=C(NCC1CCC1)c1cccc(C(F)(F)F)c1F. The first-order chi connectivity index (χ1) is 8.89. The van der Waals surface area contributed by atoms with Crippen molar-refractivity contribution in [3.8, 4) is 0 Å². The summed E-state index contributed by atoms with van der Waals surface area (Å²) in [6, 6.07) is 2.71. The van der Waals surface area contributed by atoms with Crippen molar-refractivity contribution in [2.45, 2.75) is 25.4 Å². The maximum absolute atomic E-state index is 13.7. The molecule has 1 aromatic rings. The molecule has 0 aromatic heterocycles. The molecule has 1 N–H and O–H groups in total. The molecule has 0 radical (unpaired) electrons. The second-order valence-electron chi connectivity index (χ2n) is 4.67. The molecule has 0 aliphatic heterocycles. The second kappa shape index (κ2) is 5.19. The van der Waals surface area contributed by atoms with Gasteiger partial charge in [-0.15, -0.1) is 0 Å². The fourth-order valence-corrected chi connectivity index (χ4v) is 1.96. The fraction of sp³-hybridized carbons (Fsp3) is 0.462. The van der Waals surface area contributed by atoms with Crippen LogP contribution >= 0.6 is 0 Å². The number of hydrogen-bond acceptors (Lipinski definition) is 1. The standard InChI is InChI=1S/C13H13F4NO/c14-11-9(5-2-6-10(11)13(15,16)17)12(19)18-7-8-3-1-4-8/h2,5-6,8H,1,3-4,7H2,(H,18,19). The van der Waals surface area contributed by atoms with Crippen LogP contribution in [0.2, 0.25) is 0 Å². The van der Waals surface area contributed by atoms with E-state index in [2.05, 4.69) is 5.32 Å². The van der Waals surface area contributed by atoms with Crippen LogP contribution in [0.15, 0.2) is 18.2 Å². The highest BCUT2D eigenvalue weighted by molar-refractivity contribution is 5.94. The molecule has 1 aliphatic carbocycles. The topological polar surface area (TPSA) is 29.1 Å². The number of hydrogen-bond donors (Lipinski definition) is 1. The molecule has 104 valence electrons. The Balaban J connectivity index is 2.12. The highest BCUT2D eigenvalue weighted by Crippen LogP contribution is 2.32. The summed E-state index contributed by atoms with van der Waals surface area (Å²) in [4.78, 5) is 11.7. The van der Waals surface area contributed by atoms with E-state index in [-0.39, 0.29) is 0 Å². The van der Waals surface area contributed by atoms with Crippen LogP contribution in [0.5, 0.6) is 0 Å². The minimum absolute atomic E-state index is 0.359. The molecular formula is C13H13F4NO. The van der Waals surface area contributed by atoms with E-state index in [0.29, 0.717) is 18.5 Å². The van der Waals surface area contributed by atoms with Crippen molar-refractivity contribution in [2.75, 3.05) is 6.54 Å². The lowest BCUT2D eigenvalue weighted by Gasteiger charge is -2.25. The van der Waals surface area contributed by atoms with E-state index in [4.69, 9.17) is 0 Å². The van der Waals surface area contributed by atoms with Crippen molar-refractivity contribution in [1.29, 1.82) is 0 Å². The number of rotatable bonds is 3. The number of halogens is 4. The van der Waals surface area contributed by atoms with Crippen molar-refractivity contribution < 1.29 is 22.4 Å². The molecule has 0 atom stereocenters. The molecule has 1 fully saturated rings. The zero-order valence-electron chi connectivity index (χ0n) is 10.1. The van der Waals surface area contributed by atoms with Crippen molar-refractivity contribution in [3.05, 3.63) is 35.1 Å². The van der Waals surface area contributed by atoms with E-state index in [1.807, 2.05) is 0 Å². The van der Waals surface area contributed by atoms with Crippen LogP contribution in [-0.4, -0.2) is 12.5 Å². The van der Waals surface area contributed by atoms with Crippen LogP contribution in [0, 0.1) is 11.7 Å². The molecule has 1 aliphatic rings. The smallest absolute Gasteiger partial charge is 0.352 e. The summed E-state index contributed by atoms with van der Waals surface area (Å²) >= 11 is 0. The maximum atomic E-state index is 13.7. The van der Waals surface area contributed by atoms with Gasteiger partial charge in [-0.1, -0.05) is 12.5 Å². The summed E-state index contributed by atoms with van der Waals surface area (Å²) in [6.45, 7) is 0.383. The van der Waals surface area contributed by atoms with Crippen LogP contribution in [-0.2, 0) is 6.18 Å². The normalized spacial score (nSPS) is 16.0. The average Bonchev–Trinajstić information content (AvgIpc) is 2.25. The summed E-state index contributed by atoms with van der Waals surface area (Å²) in [6.07, 6.45) is -1.72. The third kappa shape index (κ3) is 3.05. The lowest BCUT2D eigenvalue weighted by molar-refractivity contribution is -0.140. The number of carbonyl (C=O) groups excluding carboxylic acids is 1. The highest BCUT2D eigenvalue weighted by Gasteiger charge is 2.35. The molecule has 2 nitrogen and oxygen atoms in total. The van der Waals surface area contributed by atoms with Gasteiger partial charge in [0.15, 0.2) is 0 Å². The van der Waals surface area contributed by atoms with Gasteiger partial charge in [-0.3, -0.25) is 4.79 Å². The van der Waals surface area contributed by atoms with E-state index in [9.17, 15) is 22.4 Å². The van der Waals surface area contributed by atoms with Crippen molar-refractivity contribution in [1.82, 2.24) is 5.32 Å². The number of carbonyl (C=O) groups is 1. The van der Waals surface area contributed by atoms with Gasteiger partial charge < -0.3 is 5.32 Å². The van der Waals surface area contributed by atoms with Gasteiger partial charge in [0.1, 0.15) is 5.82 Å². The summed E-state index contributed by atoms with van der Waals surface area (Å²) in [7, 11) is 0. The van der Waals surface area contributed by atoms with Gasteiger partial charge in [-0.05, 0) is 30.9 Å². The van der Waals surface area contributed by atoms with Crippen LogP contribution in [0.25, 0.3) is 0 Å². The number of amides is 1. The summed E-state index contributed by atoms with van der Waals surface area (Å²) in [5, 5.41) is 2.47. The van der Waals surface area contributed by atoms with Crippen LogP contribution in [0.1, 0.15) is 35.2 Å².